The van der Waals surface area contributed by atoms with Gasteiger partial charge in [-0.1, -0.05) is 0 Å². The Morgan fingerprint density at radius 1 is 1.19 bits per heavy atom. The number of rotatable bonds is 4. The van der Waals surface area contributed by atoms with Crippen molar-refractivity contribution in [2.24, 2.45) is 0 Å². The van der Waals surface area contributed by atoms with E-state index in [1.54, 1.807) is 18.6 Å². The standard InChI is InChI=1S/C22H28N6O2S/c1-2-30-21(29)28-15-22(16-28)12-17(14-31-22)26-8-10-27(11-9-26)20-18(4-3-5-25-20)19-13-23-6-7-24-19/h3-7,13,17H,2,8-12,14-16H2,1H3/t17-/m0/s1. The van der Waals surface area contributed by atoms with E-state index >= 15 is 0 Å². The quantitative estimate of drug-likeness (QED) is 0.718. The molecule has 31 heavy (non-hydrogen) atoms. The third-order valence-electron chi connectivity index (χ3n) is 6.43. The van der Waals surface area contributed by atoms with Gasteiger partial charge < -0.3 is 14.5 Å². The zero-order chi connectivity index (χ0) is 21.3. The average molecular weight is 441 g/mol. The van der Waals surface area contributed by atoms with Crippen LogP contribution in [0, 0.1) is 0 Å². The van der Waals surface area contributed by atoms with Gasteiger partial charge in [0.05, 0.1) is 23.2 Å². The molecule has 0 aliphatic carbocycles. The number of ether oxygens (including phenoxy) is 1. The Balaban J connectivity index is 1.18. The van der Waals surface area contributed by atoms with Gasteiger partial charge in [-0.15, -0.1) is 11.8 Å². The molecule has 3 fully saturated rings. The van der Waals surface area contributed by atoms with Gasteiger partial charge in [0.25, 0.3) is 0 Å². The van der Waals surface area contributed by atoms with Gasteiger partial charge in [-0.05, 0) is 25.5 Å². The number of aromatic nitrogens is 3. The molecule has 1 atom stereocenters. The molecule has 1 amide bonds. The van der Waals surface area contributed by atoms with Gasteiger partial charge in [0.15, 0.2) is 0 Å². The maximum Gasteiger partial charge on any atom is 0.409 e. The first kappa shape index (κ1) is 20.5. The van der Waals surface area contributed by atoms with E-state index in [1.807, 2.05) is 35.8 Å². The minimum Gasteiger partial charge on any atom is -0.450 e. The first-order valence-electron chi connectivity index (χ1n) is 10.9. The molecule has 2 aromatic heterocycles. The van der Waals surface area contributed by atoms with E-state index in [0.29, 0.717) is 12.6 Å². The molecule has 0 aromatic carbocycles. The minimum absolute atomic E-state index is 0.167. The molecule has 3 aliphatic heterocycles. The van der Waals surface area contributed by atoms with E-state index in [2.05, 4.69) is 30.8 Å². The summed E-state index contributed by atoms with van der Waals surface area (Å²) >= 11 is 2.04. The van der Waals surface area contributed by atoms with Crippen molar-refractivity contribution in [1.82, 2.24) is 24.8 Å². The topological polar surface area (TPSA) is 74.7 Å². The number of carbonyl (C=O) groups is 1. The molecule has 9 heteroatoms. The molecule has 5 heterocycles. The number of anilines is 1. The highest BCUT2D eigenvalue weighted by Crippen LogP contribution is 2.46. The molecule has 0 radical (unpaired) electrons. The van der Waals surface area contributed by atoms with Crippen LogP contribution in [0.1, 0.15) is 13.3 Å². The summed E-state index contributed by atoms with van der Waals surface area (Å²) in [4.78, 5) is 32.1. The van der Waals surface area contributed by atoms with Crippen molar-refractivity contribution < 1.29 is 9.53 Å². The lowest BCUT2D eigenvalue weighted by Gasteiger charge is -2.47. The predicted molar refractivity (Wildman–Crippen MR) is 121 cm³/mol. The molecule has 0 N–H and O–H groups in total. The number of carbonyl (C=O) groups excluding carboxylic acids is 1. The summed E-state index contributed by atoms with van der Waals surface area (Å²) in [5.41, 5.74) is 1.89. The smallest absolute Gasteiger partial charge is 0.409 e. The van der Waals surface area contributed by atoms with Crippen molar-refractivity contribution in [1.29, 1.82) is 0 Å². The van der Waals surface area contributed by atoms with Gasteiger partial charge in [0, 0.05) is 75.2 Å². The molecule has 0 unspecified atom stereocenters. The molecular formula is C22H28N6O2S. The molecule has 8 nitrogen and oxygen atoms in total. The van der Waals surface area contributed by atoms with Crippen LogP contribution >= 0.6 is 11.8 Å². The van der Waals surface area contributed by atoms with Crippen LogP contribution in [0.4, 0.5) is 10.6 Å². The van der Waals surface area contributed by atoms with E-state index in [-0.39, 0.29) is 10.8 Å². The number of hydrogen-bond donors (Lipinski definition) is 0. The van der Waals surface area contributed by atoms with Crippen molar-refractivity contribution in [2.45, 2.75) is 24.1 Å². The van der Waals surface area contributed by atoms with Crippen LogP contribution in [-0.2, 0) is 4.74 Å². The lowest BCUT2D eigenvalue weighted by molar-refractivity contribution is 0.0603. The molecule has 1 spiro atoms. The number of nitrogens with zero attached hydrogens (tertiary/aromatic N) is 6. The highest BCUT2D eigenvalue weighted by atomic mass is 32.2. The monoisotopic (exact) mass is 440 g/mol. The second-order valence-corrected chi connectivity index (χ2v) is 9.88. The first-order chi connectivity index (χ1) is 15.2. The predicted octanol–water partition coefficient (Wildman–Crippen LogP) is 2.38. The van der Waals surface area contributed by atoms with Crippen LogP contribution in [0.2, 0.25) is 0 Å². The van der Waals surface area contributed by atoms with Gasteiger partial charge >= 0.3 is 6.09 Å². The van der Waals surface area contributed by atoms with Gasteiger partial charge in [-0.25, -0.2) is 9.78 Å². The third-order valence-corrected chi connectivity index (χ3v) is 8.02. The average Bonchev–Trinajstić information content (AvgIpc) is 3.25. The summed E-state index contributed by atoms with van der Waals surface area (Å²) in [5.74, 6) is 2.13. The minimum atomic E-state index is -0.167. The fourth-order valence-electron chi connectivity index (χ4n) is 4.85. The van der Waals surface area contributed by atoms with E-state index in [0.717, 1.165) is 68.5 Å². The van der Waals surface area contributed by atoms with Crippen LogP contribution in [0.5, 0.6) is 0 Å². The highest BCUT2D eigenvalue weighted by molar-refractivity contribution is 8.01. The normalized spacial score (nSPS) is 23.1. The van der Waals surface area contributed by atoms with E-state index in [9.17, 15) is 4.79 Å². The Labute approximate surface area is 187 Å². The molecule has 0 bridgehead atoms. The van der Waals surface area contributed by atoms with Crippen LogP contribution in [0.15, 0.2) is 36.9 Å². The number of thioether (sulfide) groups is 1. The maximum absolute atomic E-state index is 11.9. The maximum atomic E-state index is 11.9. The number of likely N-dealkylation sites (tertiary alicyclic amines) is 1. The molecule has 3 aliphatic rings. The van der Waals surface area contributed by atoms with Crippen LogP contribution in [0.3, 0.4) is 0 Å². The fourth-order valence-corrected chi connectivity index (χ4v) is 6.53. The van der Waals surface area contributed by atoms with Gasteiger partial charge in [-0.2, -0.15) is 0 Å². The molecule has 5 rings (SSSR count). The van der Waals surface area contributed by atoms with Crippen molar-refractivity contribution in [2.75, 3.05) is 56.5 Å². The Morgan fingerprint density at radius 2 is 2.03 bits per heavy atom. The number of pyridine rings is 1. The molecule has 3 saturated heterocycles. The summed E-state index contributed by atoms with van der Waals surface area (Å²) in [6.45, 7) is 7.90. The van der Waals surface area contributed by atoms with Gasteiger partial charge in [0.1, 0.15) is 5.82 Å². The zero-order valence-electron chi connectivity index (χ0n) is 17.8. The Morgan fingerprint density at radius 3 is 2.77 bits per heavy atom. The van der Waals surface area contributed by atoms with Crippen molar-refractivity contribution >= 4 is 23.7 Å². The van der Waals surface area contributed by atoms with E-state index in [4.69, 9.17) is 4.74 Å². The molecule has 164 valence electrons. The largest absolute Gasteiger partial charge is 0.450 e. The van der Waals surface area contributed by atoms with Gasteiger partial charge in [0.2, 0.25) is 0 Å². The van der Waals surface area contributed by atoms with Crippen molar-refractivity contribution in [3.05, 3.63) is 36.9 Å². The lowest BCUT2D eigenvalue weighted by Crippen LogP contribution is -2.61. The number of hydrogen-bond acceptors (Lipinski definition) is 8. The van der Waals surface area contributed by atoms with Crippen molar-refractivity contribution in [3.8, 4) is 11.3 Å². The number of amides is 1. The first-order valence-corrected chi connectivity index (χ1v) is 11.9. The second-order valence-electron chi connectivity index (χ2n) is 8.40. The SMILES string of the molecule is CCOC(=O)N1CC2(C[C@H](N3CCN(c4ncccc4-c4cnccn4)CC3)CS2)C1. The second kappa shape index (κ2) is 8.63. The lowest BCUT2D eigenvalue weighted by atomic mass is 9.91. The summed E-state index contributed by atoms with van der Waals surface area (Å²) in [6.07, 6.45) is 8.05. The third kappa shape index (κ3) is 4.08. The zero-order valence-corrected chi connectivity index (χ0v) is 18.6. The van der Waals surface area contributed by atoms with Crippen molar-refractivity contribution in [3.63, 3.8) is 0 Å². The summed E-state index contributed by atoms with van der Waals surface area (Å²) in [6, 6.07) is 4.61. The Hall–Kier alpha value is -2.39. The Kier molecular flexibility index (Phi) is 5.71. The van der Waals surface area contributed by atoms with Gasteiger partial charge in [-0.3, -0.25) is 14.9 Å². The fraction of sp³-hybridized carbons (Fsp3) is 0.545. The molecule has 2 aromatic rings. The summed E-state index contributed by atoms with van der Waals surface area (Å²) < 4.78 is 5.37. The molecular weight excluding hydrogens is 412 g/mol. The van der Waals surface area contributed by atoms with Crippen LogP contribution in [-0.4, -0.2) is 93.3 Å². The van der Waals surface area contributed by atoms with Crippen LogP contribution < -0.4 is 4.90 Å². The van der Waals surface area contributed by atoms with E-state index < -0.39 is 0 Å². The highest BCUT2D eigenvalue weighted by Gasteiger charge is 2.52. The van der Waals surface area contributed by atoms with E-state index in [1.165, 1.54) is 0 Å². The number of piperazine rings is 1. The molecule has 0 saturated carbocycles. The Bertz CT molecular complexity index is 915. The van der Waals surface area contributed by atoms with Crippen LogP contribution in [0.25, 0.3) is 11.3 Å². The summed E-state index contributed by atoms with van der Waals surface area (Å²) in [7, 11) is 0. The summed E-state index contributed by atoms with van der Waals surface area (Å²) in [5, 5.41) is 0.